The van der Waals surface area contributed by atoms with Crippen LogP contribution >= 0.6 is 0 Å². The van der Waals surface area contributed by atoms with Crippen LogP contribution in [0.3, 0.4) is 0 Å². The Morgan fingerprint density at radius 1 is 0.891 bits per heavy atom. The maximum absolute atomic E-state index is 14.1. The van der Waals surface area contributed by atoms with Gasteiger partial charge in [0.15, 0.2) is 0 Å². The minimum atomic E-state index is -0.947. The lowest BCUT2D eigenvalue weighted by Gasteiger charge is -2.52. The van der Waals surface area contributed by atoms with Crippen LogP contribution in [0.2, 0.25) is 0 Å². The smallest absolute Gasteiger partial charge is 0.251 e. The normalized spacial score (nSPS) is 21.1. The topological polar surface area (TPSA) is 111 Å². The zero-order valence-corrected chi connectivity index (χ0v) is 26.5. The fourth-order valence-corrected chi connectivity index (χ4v) is 7.27. The minimum Gasteiger partial charge on any atom is -0.457 e. The van der Waals surface area contributed by atoms with E-state index in [2.05, 4.69) is 15.5 Å². The molecule has 1 saturated carbocycles. The van der Waals surface area contributed by atoms with Crippen LogP contribution in [-0.4, -0.2) is 70.4 Å². The van der Waals surface area contributed by atoms with Gasteiger partial charge in [-0.3, -0.25) is 19.3 Å². The number of carbonyl (C=O) groups excluding carboxylic acids is 3. The number of rotatable bonds is 9. The Labute approximate surface area is 270 Å². The Morgan fingerprint density at radius 3 is 2.13 bits per heavy atom. The molecule has 3 aromatic carbocycles. The predicted octanol–water partition coefficient (Wildman–Crippen LogP) is 4.64. The number of likely N-dealkylation sites (tertiary alicyclic amines) is 1. The Morgan fingerprint density at radius 2 is 1.50 bits per heavy atom. The van der Waals surface area contributed by atoms with Gasteiger partial charge in [-0.1, -0.05) is 61.7 Å². The first-order valence-electron chi connectivity index (χ1n) is 16.5. The number of piperazine rings is 1. The molecule has 9 nitrogen and oxygen atoms in total. The van der Waals surface area contributed by atoms with Crippen molar-refractivity contribution in [1.82, 2.24) is 20.4 Å². The van der Waals surface area contributed by atoms with E-state index in [1.54, 1.807) is 36.2 Å². The third-order valence-corrected chi connectivity index (χ3v) is 10.0. The monoisotopic (exact) mass is 624 g/mol. The SMILES string of the molecule is CNC(=O)c1ccc(Oc2ccc(CN3CCC4(CC3)C(=O)NC(C(O)C3CCCCC3)C(=O)N4Cc3ccccc3)cc2)cc1. The van der Waals surface area contributed by atoms with E-state index < -0.39 is 17.7 Å². The highest BCUT2D eigenvalue weighted by atomic mass is 16.5. The molecule has 1 aliphatic carbocycles. The largest absolute Gasteiger partial charge is 0.457 e. The van der Waals surface area contributed by atoms with Gasteiger partial charge in [0, 0.05) is 38.8 Å². The summed E-state index contributed by atoms with van der Waals surface area (Å²) >= 11 is 0. The summed E-state index contributed by atoms with van der Waals surface area (Å²) in [5, 5.41) is 16.9. The maximum atomic E-state index is 14.1. The molecule has 0 bridgehead atoms. The molecular formula is C37H44N4O5. The van der Waals surface area contributed by atoms with E-state index in [-0.39, 0.29) is 23.6 Å². The van der Waals surface area contributed by atoms with Gasteiger partial charge in [-0.05, 0) is 79.1 Å². The molecule has 9 heteroatoms. The molecule has 46 heavy (non-hydrogen) atoms. The van der Waals surface area contributed by atoms with Crippen molar-refractivity contribution < 1.29 is 24.2 Å². The van der Waals surface area contributed by atoms with Crippen molar-refractivity contribution in [3.63, 3.8) is 0 Å². The zero-order valence-electron chi connectivity index (χ0n) is 26.5. The lowest BCUT2D eigenvalue weighted by molar-refractivity contribution is -0.167. The highest BCUT2D eigenvalue weighted by Gasteiger charge is 2.55. The summed E-state index contributed by atoms with van der Waals surface area (Å²) in [5.41, 5.74) is 1.72. The molecule has 1 spiro atoms. The highest BCUT2D eigenvalue weighted by Crippen LogP contribution is 2.37. The van der Waals surface area contributed by atoms with Crippen LogP contribution in [0, 0.1) is 5.92 Å². The summed E-state index contributed by atoms with van der Waals surface area (Å²) in [6.07, 6.45) is 5.21. The van der Waals surface area contributed by atoms with E-state index in [9.17, 15) is 19.5 Å². The molecule has 3 fully saturated rings. The summed E-state index contributed by atoms with van der Waals surface area (Å²) in [5.74, 6) is 0.922. The Bertz CT molecular complexity index is 1500. The molecule has 2 atom stereocenters. The lowest BCUT2D eigenvalue weighted by Crippen LogP contribution is -2.74. The van der Waals surface area contributed by atoms with Gasteiger partial charge < -0.3 is 25.4 Å². The van der Waals surface area contributed by atoms with Gasteiger partial charge in [0.2, 0.25) is 11.8 Å². The highest BCUT2D eigenvalue weighted by molar-refractivity contribution is 6.00. The van der Waals surface area contributed by atoms with Crippen LogP contribution in [0.1, 0.15) is 66.4 Å². The summed E-state index contributed by atoms with van der Waals surface area (Å²) in [6, 6.07) is 23.9. The van der Waals surface area contributed by atoms with Crippen molar-refractivity contribution in [3.8, 4) is 11.5 Å². The van der Waals surface area contributed by atoms with Crippen LogP contribution in [0.15, 0.2) is 78.9 Å². The Hall–Kier alpha value is -4.21. The van der Waals surface area contributed by atoms with E-state index in [1.165, 1.54) is 0 Å². The second kappa shape index (κ2) is 14.1. The van der Waals surface area contributed by atoms with Crippen LogP contribution in [-0.2, 0) is 22.7 Å². The standard InChI is InChI=1S/C37H44N4O5/c1-38-34(43)29-14-18-31(19-15-29)46-30-16-12-27(13-17-30)24-40-22-20-37(21-23-40)36(45)39-32(33(42)28-10-6-3-7-11-28)35(44)41(37)25-26-8-4-2-5-9-26/h2,4-5,8-9,12-19,28,32-33,42H,3,6-7,10-11,20-25H2,1H3,(H,38,43)(H,39,45). The molecule has 3 amide bonds. The molecular weight excluding hydrogens is 580 g/mol. The maximum Gasteiger partial charge on any atom is 0.251 e. The first-order chi connectivity index (χ1) is 22.4. The number of piperidine rings is 1. The number of hydrogen-bond acceptors (Lipinski definition) is 6. The number of ether oxygens (including phenoxy) is 1. The van der Waals surface area contributed by atoms with Gasteiger partial charge in [0.05, 0.1) is 6.10 Å². The number of benzene rings is 3. The number of aliphatic hydroxyl groups excluding tert-OH is 1. The Kier molecular flexibility index (Phi) is 9.70. The first-order valence-corrected chi connectivity index (χ1v) is 16.5. The van der Waals surface area contributed by atoms with E-state index in [1.807, 2.05) is 54.6 Å². The Balaban J connectivity index is 1.11. The second-order valence-electron chi connectivity index (χ2n) is 12.9. The molecule has 0 radical (unpaired) electrons. The van der Waals surface area contributed by atoms with Crippen molar-refractivity contribution >= 4 is 17.7 Å². The molecule has 2 unspecified atom stereocenters. The van der Waals surface area contributed by atoms with Crippen LogP contribution < -0.4 is 15.4 Å². The molecule has 242 valence electrons. The summed E-state index contributed by atoms with van der Waals surface area (Å²) in [6.45, 7) is 2.39. The number of amides is 3. The van der Waals surface area contributed by atoms with Gasteiger partial charge in [-0.15, -0.1) is 0 Å². The van der Waals surface area contributed by atoms with Gasteiger partial charge >= 0.3 is 0 Å². The predicted molar refractivity (Wildman–Crippen MR) is 175 cm³/mol. The van der Waals surface area contributed by atoms with Gasteiger partial charge in [-0.2, -0.15) is 0 Å². The number of nitrogens with zero attached hydrogens (tertiary/aromatic N) is 2. The van der Waals surface area contributed by atoms with E-state index in [0.717, 1.165) is 43.2 Å². The third-order valence-electron chi connectivity index (χ3n) is 10.0. The zero-order chi connectivity index (χ0) is 32.1. The summed E-state index contributed by atoms with van der Waals surface area (Å²) < 4.78 is 5.97. The van der Waals surface area contributed by atoms with Crippen molar-refractivity contribution in [2.45, 2.75) is 75.7 Å². The van der Waals surface area contributed by atoms with Gasteiger partial charge in [-0.25, -0.2) is 0 Å². The molecule has 2 heterocycles. The summed E-state index contributed by atoms with van der Waals surface area (Å²) in [7, 11) is 1.60. The number of aliphatic hydroxyl groups is 1. The summed E-state index contributed by atoms with van der Waals surface area (Å²) in [4.78, 5) is 44.0. The molecule has 3 aliphatic rings. The lowest BCUT2D eigenvalue weighted by atomic mass is 9.77. The number of hydrogen-bond donors (Lipinski definition) is 3. The quantitative estimate of drug-likeness (QED) is 0.320. The van der Waals surface area contributed by atoms with Crippen molar-refractivity contribution in [3.05, 3.63) is 95.6 Å². The van der Waals surface area contributed by atoms with Crippen molar-refractivity contribution in [2.24, 2.45) is 5.92 Å². The number of carbonyl (C=O) groups is 3. The van der Waals surface area contributed by atoms with Crippen molar-refractivity contribution in [1.29, 1.82) is 0 Å². The molecule has 3 N–H and O–H groups in total. The fourth-order valence-electron chi connectivity index (χ4n) is 7.27. The average molecular weight is 625 g/mol. The average Bonchev–Trinajstić information content (AvgIpc) is 3.10. The molecule has 3 aromatic rings. The van der Waals surface area contributed by atoms with Gasteiger partial charge in [0.25, 0.3) is 5.91 Å². The van der Waals surface area contributed by atoms with Crippen LogP contribution in [0.25, 0.3) is 0 Å². The third kappa shape index (κ3) is 6.81. The second-order valence-corrected chi connectivity index (χ2v) is 12.9. The first kappa shape index (κ1) is 31.8. The fraction of sp³-hybridized carbons (Fsp3) is 0.432. The van der Waals surface area contributed by atoms with Crippen molar-refractivity contribution in [2.75, 3.05) is 20.1 Å². The molecule has 0 aromatic heterocycles. The molecule has 6 rings (SSSR count). The minimum absolute atomic E-state index is 0.0313. The van der Waals surface area contributed by atoms with Crippen LogP contribution in [0.4, 0.5) is 0 Å². The van der Waals surface area contributed by atoms with Gasteiger partial charge in [0.1, 0.15) is 23.1 Å². The van der Waals surface area contributed by atoms with Crippen LogP contribution in [0.5, 0.6) is 11.5 Å². The van der Waals surface area contributed by atoms with E-state index >= 15 is 0 Å². The van der Waals surface area contributed by atoms with E-state index in [0.29, 0.717) is 56.1 Å². The molecule has 2 aliphatic heterocycles. The number of nitrogens with one attached hydrogen (secondary N) is 2. The molecule has 2 saturated heterocycles. The van der Waals surface area contributed by atoms with E-state index in [4.69, 9.17) is 4.74 Å².